The molecule has 4 nitrogen and oxygen atoms in total. The summed E-state index contributed by atoms with van der Waals surface area (Å²) in [5, 5.41) is 9.70. The zero-order valence-electron chi connectivity index (χ0n) is 9.34. The molecule has 2 aromatic rings. The van der Waals surface area contributed by atoms with Gasteiger partial charge in [0, 0.05) is 36.9 Å². The quantitative estimate of drug-likeness (QED) is 0.833. The first-order valence-electron chi connectivity index (χ1n) is 5.42. The van der Waals surface area contributed by atoms with Crippen LogP contribution in [0.1, 0.15) is 19.0 Å². The Balaban J connectivity index is 1.66. The van der Waals surface area contributed by atoms with Crippen LogP contribution in [0.15, 0.2) is 29.4 Å². The summed E-state index contributed by atoms with van der Waals surface area (Å²) in [4.78, 5) is 4.24. The maximum absolute atomic E-state index is 4.24. The van der Waals surface area contributed by atoms with E-state index in [1.807, 2.05) is 28.7 Å². The first kappa shape index (κ1) is 11.3. The van der Waals surface area contributed by atoms with Crippen LogP contribution in [0, 0.1) is 0 Å². The van der Waals surface area contributed by atoms with Crippen molar-refractivity contribution in [2.45, 2.75) is 32.5 Å². The third kappa shape index (κ3) is 3.43. The van der Waals surface area contributed by atoms with Gasteiger partial charge in [0.2, 0.25) is 0 Å². The summed E-state index contributed by atoms with van der Waals surface area (Å²) in [7, 11) is 0. The summed E-state index contributed by atoms with van der Waals surface area (Å²) >= 11 is 1.64. The fourth-order valence-electron chi connectivity index (χ4n) is 1.46. The third-order valence-corrected chi connectivity index (χ3v) is 3.10. The van der Waals surface area contributed by atoms with Crippen LogP contribution in [0.3, 0.4) is 0 Å². The van der Waals surface area contributed by atoms with E-state index in [1.54, 1.807) is 11.3 Å². The average Bonchev–Trinajstić information content (AvgIpc) is 2.96. The fourth-order valence-corrected chi connectivity index (χ4v) is 2.02. The van der Waals surface area contributed by atoms with Crippen LogP contribution in [0.4, 0.5) is 0 Å². The minimum atomic E-state index is 0.478. The van der Waals surface area contributed by atoms with E-state index in [1.165, 1.54) is 0 Å². The van der Waals surface area contributed by atoms with Gasteiger partial charge in [-0.25, -0.2) is 4.98 Å². The third-order valence-electron chi connectivity index (χ3n) is 2.47. The fraction of sp³-hybridized carbons (Fsp3) is 0.455. The molecule has 2 rings (SSSR count). The zero-order chi connectivity index (χ0) is 11.2. The van der Waals surface area contributed by atoms with Crippen molar-refractivity contribution in [2.75, 3.05) is 0 Å². The van der Waals surface area contributed by atoms with Crippen molar-refractivity contribution in [3.8, 4) is 0 Å². The van der Waals surface area contributed by atoms with Gasteiger partial charge in [-0.15, -0.1) is 11.3 Å². The molecule has 0 fully saturated rings. The summed E-state index contributed by atoms with van der Waals surface area (Å²) in [5.74, 6) is 0. The second-order valence-electron chi connectivity index (χ2n) is 3.82. The monoisotopic (exact) mass is 236 g/mol. The van der Waals surface area contributed by atoms with Crippen molar-refractivity contribution >= 4 is 11.3 Å². The summed E-state index contributed by atoms with van der Waals surface area (Å²) < 4.78 is 1.96. The minimum Gasteiger partial charge on any atom is -0.309 e. The van der Waals surface area contributed by atoms with Gasteiger partial charge >= 0.3 is 0 Å². The summed E-state index contributed by atoms with van der Waals surface area (Å²) in [6, 6.07) is 2.43. The number of nitrogens with zero attached hydrogens (tertiary/aromatic N) is 3. The second-order valence-corrected chi connectivity index (χ2v) is 4.54. The molecule has 0 aliphatic rings. The Bertz CT molecular complexity index is 344. The lowest BCUT2D eigenvalue weighted by atomic mass is 10.2. The molecule has 0 aliphatic heterocycles. The molecule has 1 atom stereocenters. The summed E-state index contributed by atoms with van der Waals surface area (Å²) in [6.45, 7) is 4.00. The maximum atomic E-state index is 4.24. The highest BCUT2D eigenvalue weighted by molar-refractivity contribution is 7.07. The molecule has 1 N–H and O–H groups in total. The molecule has 0 aromatic carbocycles. The molecule has 16 heavy (non-hydrogen) atoms. The maximum Gasteiger partial charge on any atom is 0.0795 e. The summed E-state index contributed by atoms with van der Waals surface area (Å²) in [6.07, 6.45) is 4.88. The highest BCUT2D eigenvalue weighted by atomic mass is 32.1. The number of aryl methyl sites for hydroxylation is 1. The normalized spacial score (nSPS) is 12.8. The number of hydrogen-bond acceptors (Lipinski definition) is 4. The molecule has 2 heterocycles. The SMILES string of the molecule is CC(CCn1cccn1)NCc1cscn1. The number of rotatable bonds is 6. The Hall–Kier alpha value is -1.20. The Labute approximate surface area is 99.3 Å². The predicted molar refractivity (Wildman–Crippen MR) is 65.3 cm³/mol. The molecule has 0 spiro atoms. The second kappa shape index (κ2) is 5.77. The molecule has 0 amide bonds. The van der Waals surface area contributed by atoms with Crippen LogP contribution in [0.5, 0.6) is 0 Å². The number of aromatic nitrogens is 3. The van der Waals surface area contributed by atoms with Gasteiger partial charge in [-0.3, -0.25) is 4.68 Å². The van der Waals surface area contributed by atoms with Crippen LogP contribution in [0.25, 0.3) is 0 Å². The van der Waals surface area contributed by atoms with Gasteiger partial charge in [0.25, 0.3) is 0 Å². The average molecular weight is 236 g/mol. The van der Waals surface area contributed by atoms with Crippen LogP contribution in [-0.4, -0.2) is 20.8 Å². The van der Waals surface area contributed by atoms with Gasteiger partial charge in [-0.1, -0.05) is 0 Å². The van der Waals surface area contributed by atoms with Crippen molar-refractivity contribution in [1.29, 1.82) is 0 Å². The number of hydrogen-bond donors (Lipinski definition) is 1. The van der Waals surface area contributed by atoms with Crippen molar-refractivity contribution in [1.82, 2.24) is 20.1 Å². The minimum absolute atomic E-state index is 0.478. The largest absolute Gasteiger partial charge is 0.309 e. The van der Waals surface area contributed by atoms with Crippen molar-refractivity contribution < 1.29 is 0 Å². The van der Waals surface area contributed by atoms with Crippen LogP contribution in [-0.2, 0) is 13.1 Å². The lowest BCUT2D eigenvalue weighted by molar-refractivity contribution is 0.456. The van der Waals surface area contributed by atoms with Crippen molar-refractivity contribution in [3.05, 3.63) is 35.0 Å². The van der Waals surface area contributed by atoms with E-state index in [0.717, 1.165) is 25.2 Å². The Morgan fingerprint density at radius 3 is 3.19 bits per heavy atom. The van der Waals surface area contributed by atoms with E-state index in [0.29, 0.717) is 6.04 Å². The highest BCUT2D eigenvalue weighted by Crippen LogP contribution is 2.02. The van der Waals surface area contributed by atoms with Gasteiger partial charge in [-0.05, 0) is 19.4 Å². The van der Waals surface area contributed by atoms with E-state index in [9.17, 15) is 0 Å². The van der Waals surface area contributed by atoms with Gasteiger partial charge in [0.15, 0.2) is 0 Å². The molecule has 1 unspecified atom stereocenters. The molecule has 0 saturated carbocycles. The first-order chi connectivity index (χ1) is 7.84. The summed E-state index contributed by atoms with van der Waals surface area (Å²) in [5.41, 5.74) is 2.99. The van der Waals surface area contributed by atoms with E-state index in [2.05, 4.69) is 27.7 Å². The van der Waals surface area contributed by atoms with E-state index < -0.39 is 0 Å². The molecule has 0 aliphatic carbocycles. The van der Waals surface area contributed by atoms with Gasteiger partial charge in [-0.2, -0.15) is 5.10 Å². The molecule has 2 aromatic heterocycles. The molecule has 0 radical (unpaired) electrons. The molecule has 0 saturated heterocycles. The smallest absolute Gasteiger partial charge is 0.0795 e. The van der Waals surface area contributed by atoms with E-state index in [4.69, 9.17) is 0 Å². The first-order valence-corrected chi connectivity index (χ1v) is 6.37. The topological polar surface area (TPSA) is 42.7 Å². The van der Waals surface area contributed by atoms with Gasteiger partial charge in [0.1, 0.15) is 0 Å². The standard InChI is InChI=1S/C11H16N4S/c1-10(3-6-15-5-2-4-14-15)12-7-11-8-16-9-13-11/h2,4-5,8-10,12H,3,6-7H2,1H3. The highest BCUT2D eigenvalue weighted by Gasteiger charge is 2.02. The Morgan fingerprint density at radius 2 is 2.50 bits per heavy atom. The van der Waals surface area contributed by atoms with E-state index in [-0.39, 0.29) is 0 Å². The number of nitrogens with one attached hydrogen (secondary N) is 1. The molecular weight excluding hydrogens is 220 g/mol. The molecule has 0 bridgehead atoms. The van der Waals surface area contributed by atoms with Gasteiger partial charge in [0.05, 0.1) is 11.2 Å². The predicted octanol–water partition coefficient (Wildman–Crippen LogP) is 1.91. The van der Waals surface area contributed by atoms with Crippen molar-refractivity contribution in [2.24, 2.45) is 0 Å². The lowest BCUT2D eigenvalue weighted by Crippen LogP contribution is -2.26. The van der Waals surface area contributed by atoms with Gasteiger partial charge < -0.3 is 5.32 Å². The van der Waals surface area contributed by atoms with E-state index >= 15 is 0 Å². The lowest BCUT2D eigenvalue weighted by Gasteiger charge is -2.12. The van der Waals surface area contributed by atoms with Crippen LogP contribution in [0.2, 0.25) is 0 Å². The number of thiazole rings is 1. The molecule has 5 heteroatoms. The molecular formula is C11H16N4S. The van der Waals surface area contributed by atoms with Crippen LogP contribution >= 0.6 is 11.3 Å². The van der Waals surface area contributed by atoms with Crippen molar-refractivity contribution in [3.63, 3.8) is 0 Å². The molecule has 86 valence electrons. The zero-order valence-corrected chi connectivity index (χ0v) is 10.2. The Morgan fingerprint density at radius 1 is 1.56 bits per heavy atom. The van der Waals surface area contributed by atoms with Crippen LogP contribution < -0.4 is 5.32 Å². The Kier molecular flexibility index (Phi) is 4.07.